The Balaban J connectivity index is 1.94. The number of allylic oxidation sites excluding steroid dienone is 2. The van der Waals surface area contributed by atoms with Gasteiger partial charge in [0, 0.05) is 24.7 Å². The largest absolute Gasteiger partial charge is 0.469 e. The van der Waals surface area contributed by atoms with Gasteiger partial charge in [0.15, 0.2) is 6.23 Å². The van der Waals surface area contributed by atoms with Crippen LogP contribution in [0.4, 0.5) is 0 Å². The third-order valence-corrected chi connectivity index (χ3v) is 3.40. The molecule has 1 aromatic carbocycles. The molecule has 0 aromatic heterocycles. The van der Waals surface area contributed by atoms with Crippen LogP contribution in [0.3, 0.4) is 0 Å². The molecule has 1 aromatic rings. The summed E-state index contributed by atoms with van der Waals surface area (Å²) in [6, 6.07) is 9.31. The number of ether oxygens (including phenoxy) is 2. The summed E-state index contributed by atoms with van der Waals surface area (Å²) in [6.45, 7) is 0. The van der Waals surface area contributed by atoms with Gasteiger partial charge in [-0.05, 0) is 24.3 Å². The van der Waals surface area contributed by atoms with Crippen LogP contribution in [0.2, 0.25) is 0 Å². The zero-order valence-corrected chi connectivity index (χ0v) is 11.1. The Morgan fingerprint density at radius 3 is 2.85 bits per heavy atom. The Bertz CT molecular complexity index is 635. The van der Waals surface area contributed by atoms with Gasteiger partial charge in [-0.3, -0.25) is 0 Å². The Labute approximate surface area is 117 Å². The van der Waals surface area contributed by atoms with Crippen LogP contribution >= 0.6 is 0 Å². The molecule has 4 nitrogen and oxygen atoms in total. The topological polar surface area (TPSA) is 54.6 Å². The highest BCUT2D eigenvalue weighted by molar-refractivity contribution is 5.95. The lowest BCUT2D eigenvalue weighted by Gasteiger charge is -2.31. The molecule has 0 bridgehead atoms. The van der Waals surface area contributed by atoms with Gasteiger partial charge in [-0.2, -0.15) is 5.26 Å². The first-order chi connectivity index (χ1) is 9.81. The van der Waals surface area contributed by atoms with E-state index >= 15 is 0 Å². The first-order valence-corrected chi connectivity index (χ1v) is 6.46. The van der Waals surface area contributed by atoms with Crippen molar-refractivity contribution in [2.24, 2.45) is 4.99 Å². The van der Waals surface area contributed by atoms with Crippen LogP contribution in [0.25, 0.3) is 0 Å². The molecule has 4 heteroatoms. The molecular weight excluding hydrogens is 252 g/mol. The van der Waals surface area contributed by atoms with Gasteiger partial charge >= 0.3 is 0 Å². The van der Waals surface area contributed by atoms with Crippen molar-refractivity contribution in [1.82, 2.24) is 0 Å². The smallest absolute Gasteiger partial charge is 0.219 e. The number of hydrogen-bond donors (Lipinski definition) is 0. The molecular formula is C16H14N2O2. The molecule has 0 radical (unpaired) electrons. The number of nitrogens with zero attached hydrogens (tertiary/aromatic N) is 2. The van der Waals surface area contributed by atoms with Crippen LogP contribution in [-0.2, 0) is 9.47 Å². The first kappa shape index (κ1) is 12.6. The Morgan fingerprint density at radius 2 is 2.15 bits per heavy atom. The summed E-state index contributed by atoms with van der Waals surface area (Å²) in [5, 5.41) is 8.83. The Morgan fingerprint density at radius 1 is 1.35 bits per heavy atom. The fourth-order valence-corrected chi connectivity index (χ4v) is 2.35. The van der Waals surface area contributed by atoms with Crippen LogP contribution in [0.5, 0.6) is 0 Å². The van der Waals surface area contributed by atoms with E-state index in [-0.39, 0.29) is 12.3 Å². The van der Waals surface area contributed by atoms with Crippen molar-refractivity contribution < 1.29 is 9.47 Å². The molecule has 0 spiro atoms. The zero-order chi connectivity index (χ0) is 13.9. The second-order valence-electron chi connectivity index (χ2n) is 4.65. The molecule has 1 aliphatic heterocycles. The third-order valence-electron chi connectivity index (χ3n) is 3.40. The van der Waals surface area contributed by atoms with Crippen molar-refractivity contribution >= 4 is 5.90 Å². The Hall–Kier alpha value is -2.38. The lowest BCUT2D eigenvalue weighted by Crippen LogP contribution is -2.34. The van der Waals surface area contributed by atoms with Crippen molar-refractivity contribution in [2.45, 2.75) is 18.8 Å². The number of benzene rings is 1. The van der Waals surface area contributed by atoms with Gasteiger partial charge in [-0.25, -0.2) is 4.99 Å². The monoisotopic (exact) mass is 266 g/mol. The van der Waals surface area contributed by atoms with Crippen LogP contribution < -0.4 is 0 Å². The number of methoxy groups -OCH3 is 1. The van der Waals surface area contributed by atoms with Gasteiger partial charge < -0.3 is 9.47 Å². The van der Waals surface area contributed by atoms with E-state index in [0.717, 1.165) is 17.6 Å². The molecule has 0 saturated carbocycles. The van der Waals surface area contributed by atoms with Gasteiger partial charge in [0.2, 0.25) is 5.90 Å². The summed E-state index contributed by atoms with van der Waals surface area (Å²) in [7, 11) is 1.64. The quantitative estimate of drug-likeness (QED) is 0.826. The third kappa shape index (κ3) is 2.24. The lowest BCUT2D eigenvalue weighted by atomic mass is 9.98. The summed E-state index contributed by atoms with van der Waals surface area (Å²) < 4.78 is 11.4. The maximum atomic E-state index is 8.83. The average Bonchev–Trinajstić information content (AvgIpc) is 2.54. The van der Waals surface area contributed by atoms with E-state index in [0.29, 0.717) is 11.5 Å². The minimum atomic E-state index is -0.302. The highest BCUT2D eigenvalue weighted by atomic mass is 16.5. The average molecular weight is 266 g/mol. The lowest BCUT2D eigenvalue weighted by molar-refractivity contribution is 0.0872. The minimum absolute atomic E-state index is 0.0203. The van der Waals surface area contributed by atoms with Crippen molar-refractivity contribution in [2.75, 3.05) is 7.11 Å². The molecule has 20 heavy (non-hydrogen) atoms. The van der Waals surface area contributed by atoms with Crippen LogP contribution in [0.15, 0.2) is 53.1 Å². The fraction of sp³-hybridized carbons (Fsp3) is 0.250. The van der Waals surface area contributed by atoms with E-state index < -0.39 is 0 Å². The molecule has 2 atom stereocenters. The summed E-state index contributed by atoms with van der Waals surface area (Å²) in [5.41, 5.74) is 2.53. The van der Waals surface area contributed by atoms with E-state index in [1.807, 2.05) is 24.3 Å². The van der Waals surface area contributed by atoms with Crippen LogP contribution in [0, 0.1) is 11.3 Å². The maximum Gasteiger partial charge on any atom is 0.219 e. The molecule has 0 amide bonds. The molecule has 2 unspecified atom stereocenters. The fourth-order valence-electron chi connectivity index (χ4n) is 2.35. The van der Waals surface area contributed by atoms with Crippen molar-refractivity contribution in [3.8, 4) is 6.07 Å². The summed E-state index contributed by atoms with van der Waals surface area (Å²) in [6.07, 6.45) is 6.58. The van der Waals surface area contributed by atoms with Gasteiger partial charge in [-0.15, -0.1) is 0 Å². The van der Waals surface area contributed by atoms with E-state index in [1.165, 1.54) is 0 Å². The van der Waals surface area contributed by atoms with Crippen molar-refractivity contribution in [3.63, 3.8) is 0 Å². The second kappa shape index (κ2) is 5.32. The standard InChI is InChI=1S/C16H14N2O2/c1-19-16-13-4-2-3-5-14(13)20-15(18-16)12-8-6-11(10-17)7-9-12/h2-4,6-9,14,16H,5H2,1H3. The molecule has 1 aliphatic carbocycles. The predicted molar refractivity (Wildman–Crippen MR) is 75.2 cm³/mol. The molecule has 3 rings (SSSR count). The zero-order valence-electron chi connectivity index (χ0n) is 11.1. The van der Waals surface area contributed by atoms with Gasteiger partial charge in [0.05, 0.1) is 11.6 Å². The van der Waals surface area contributed by atoms with E-state index in [1.54, 1.807) is 19.2 Å². The molecule has 0 N–H and O–H groups in total. The number of hydrogen-bond acceptors (Lipinski definition) is 4. The van der Waals surface area contributed by atoms with E-state index in [2.05, 4.69) is 17.1 Å². The molecule has 0 fully saturated rings. The molecule has 2 aliphatic rings. The SMILES string of the molecule is COC1N=C(c2ccc(C#N)cc2)OC2CC=CC=C21. The van der Waals surface area contributed by atoms with Gasteiger partial charge in [0.1, 0.15) is 6.10 Å². The summed E-state index contributed by atoms with van der Waals surface area (Å²) in [5.74, 6) is 0.568. The summed E-state index contributed by atoms with van der Waals surface area (Å²) in [4.78, 5) is 4.50. The summed E-state index contributed by atoms with van der Waals surface area (Å²) >= 11 is 0. The molecule has 1 heterocycles. The Kier molecular flexibility index (Phi) is 3.36. The van der Waals surface area contributed by atoms with Gasteiger partial charge in [-0.1, -0.05) is 18.2 Å². The van der Waals surface area contributed by atoms with E-state index in [9.17, 15) is 0 Å². The first-order valence-electron chi connectivity index (χ1n) is 6.46. The van der Waals surface area contributed by atoms with Crippen LogP contribution in [-0.4, -0.2) is 25.3 Å². The normalized spacial score (nSPS) is 24.0. The number of rotatable bonds is 2. The minimum Gasteiger partial charge on any atom is -0.469 e. The highest BCUT2D eigenvalue weighted by Crippen LogP contribution is 2.28. The molecule has 0 saturated heterocycles. The van der Waals surface area contributed by atoms with Crippen LogP contribution in [0.1, 0.15) is 17.5 Å². The number of nitriles is 1. The second-order valence-corrected chi connectivity index (χ2v) is 4.65. The van der Waals surface area contributed by atoms with Crippen molar-refractivity contribution in [1.29, 1.82) is 5.26 Å². The van der Waals surface area contributed by atoms with Crippen molar-refractivity contribution in [3.05, 3.63) is 59.2 Å². The highest BCUT2D eigenvalue weighted by Gasteiger charge is 2.31. The van der Waals surface area contributed by atoms with E-state index in [4.69, 9.17) is 14.7 Å². The molecule has 100 valence electrons. The maximum absolute atomic E-state index is 8.83. The number of aliphatic imine (C=N–C) groups is 1. The van der Waals surface area contributed by atoms with Gasteiger partial charge in [0.25, 0.3) is 0 Å². The number of fused-ring (bicyclic) bond motifs is 1. The predicted octanol–water partition coefficient (Wildman–Crippen LogP) is 2.56.